The Bertz CT molecular complexity index is 451. The SMILES string of the molecule is FC(F)(F)c1ccc(Cl)c(N=CC2CCCN2)c1. The smallest absolute Gasteiger partial charge is 0.309 e. The van der Waals surface area contributed by atoms with Crippen LogP contribution in [0.1, 0.15) is 18.4 Å². The Balaban J connectivity index is 2.21. The number of rotatable bonds is 2. The van der Waals surface area contributed by atoms with E-state index in [2.05, 4.69) is 10.3 Å². The fourth-order valence-corrected chi connectivity index (χ4v) is 1.96. The molecule has 18 heavy (non-hydrogen) atoms. The zero-order chi connectivity index (χ0) is 13.2. The highest BCUT2D eigenvalue weighted by Crippen LogP contribution is 2.34. The minimum Gasteiger partial charge on any atom is -0.309 e. The number of nitrogens with zero attached hydrogens (tertiary/aromatic N) is 1. The van der Waals surface area contributed by atoms with Crippen LogP contribution in [0.5, 0.6) is 0 Å². The summed E-state index contributed by atoms with van der Waals surface area (Å²) in [4.78, 5) is 4.04. The summed E-state index contributed by atoms with van der Waals surface area (Å²) in [5, 5.41) is 3.40. The van der Waals surface area contributed by atoms with Crippen molar-refractivity contribution in [2.24, 2.45) is 4.99 Å². The third-order valence-corrected chi connectivity index (χ3v) is 3.09. The third-order valence-electron chi connectivity index (χ3n) is 2.77. The first-order valence-electron chi connectivity index (χ1n) is 5.61. The second-order valence-corrected chi connectivity index (χ2v) is 4.55. The molecule has 0 aliphatic carbocycles. The van der Waals surface area contributed by atoms with E-state index in [1.165, 1.54) is 6.07 Å². The van der Waals surface area contributed by atoms with Gasteiger partial charge in [-0.15, -0.1) is 0 Å². The third kappa shape index (κ3) is 3.23. The summed E-state index contributed by atoms with van der Waals surface area (Å²) in [5.74, 6) is 0. The number of halogens is 4. The van der Waals surface area contributed by atoms with Crippen LogP contribution in [0.2, 0.25) is 5.02 Å². The minimum absolute atomic E-state index is 0.121. The molecule has 1 heterocycles. The molecule has 2 rings (SSSR count). The van der Waals surface area contributed by atoms with Crippen LogP contribution in [0, 0.1) is 0 Å². The maximum atomic E-state index is 12.5. The standard InChI is InChI=1S/C12H12ClF3N2/c13-10-4-3-8(12(14,15)16)6-11(10)18-7-9-2-1-5-17-9/h3-4,6-7,9,17H,1-2,5H2. The summed E-state index contributed by atoms with van der Waals surface area (Å²) in [6.07, 6.45) is -0.762. The van der Waals surface area contributed by atoms with Crippen LogP contribution in [-0.2, 0) is 6.18 Å². The lowest BCUT2D eigenvalue weighted by atomic mass is 10.2. The van der Waals surface area contributed by atoms with Gasteiger partial charge in [-0.2, -0.15) is 13.2 Å². The van der Waals surface area contributed by atoms with E-state index in [0.717, 1.165) is 31.5 Å². The molecule has 1 aromatic carbocycles. The Morgan fingerprint density at radius 2 is 2.17 bits per heavy atom. The minimum atomic E-state index is -4.37. The summed E-state index contributed by atoms with van der Waals surface area (Å²) >= 11 is 5.83. The van der Waals surface area contributed by atoms with E-state index >= 15 is 0 Å². The summed E-state index contributed by atoms with van der Waals surface area (Å²) in [5.41, 5.74) is -0.585. The van der Waals surface area contributed by atoms with Gasteiger partial charge in [0.1, 0.15) is 0 Å². The number of hydrogen-bond donors (Lipinski definition) is 1. The van der Waals surface area contributed by atoms with Gasteiger partial charge in [-0.1, -0.05) is 11.6 Å². The predicted octanol–water partition coefficient (Wildman–Crippen LogP) is 3.81. The lowest BCUT2D eigenvalue weighted by Gasteiger charge is -2.08. The summed E-state index contributed by atoms with van der Waals surface area (Å²) in [7, 11) is 0. The second kappa shape index (κ2) is 5.28. The van der Waals surface area contributed by atoms with Gasteiger partial charge in [-0.3, -0.25) is 4.99 Å². The first kappa shape index (κ1) is 13.4. The van der Waals surface area contributed by atoms with Crippen LogP contribution < -0.4 is 5.32 Å². The quantitative estimate of drug-likeness (QED) is 0.816. The van der Waals surface area contributed by atoms with Crippen LogP contribution in [0.3, 0.4) is 0 Å². The van der Waals surface area contributed by atoms with Crippen LogP contribution >= 0.6 is 11.6 Å². The molecule has 1 unspecified atom stereocenters. The Hall–Kier alpha value is -1.07. The average Bonchev–Trinajstić information content (AvgIpc) is 2.79. The average molecular weight is 277 g/mol. The van der Waals surface area contributed by atoms with E-state index in [9.17, 15) is 13.2 Å². The van der Waals surface area contributed by atoms with Crippen LogP contribution in [0.15, 0.2) is 23.2 Å². The Morgan fingerprint density at radius 1 is 1.39 bits per heavy atom. The maximum absolute atomic E-state index is 12.5. The van der Waals surface area contributed by atoms with Crippen molar-refractivity contribution < 1.29 is 13.2 Å². The molecule has 1 N–H and O–H groups in total. The number of hydrogen-bond acceptors (Lipinski definition) is 2. The van der Waals surface area contributed by atoms with Gasteiger partial charge in [-0.25, -0.2) is 0 Å². The molecular weight excluding hydrogens is 265 g/mol. The molecule has 0 bridgehead atoms. The van der Waals surface area contributed by atoms with Gasteiger partial charge in [0.05, 0.1) is 16.3 Å². The molecule has 6 heteroatoms. The summed E-state index contributed by atoms with van der Waals surface area (Å²) in [6, 6.07) is 3.26. The highest BCUT2D eigenvalue weighted by atomic mass is 35.5. The van der Waals surface area contributed by atoms with E-state index in [1.54, 1.807) is 6.21 Å². The van der Waals surface area contributed by atoms with Gasteiger partial charge in [0.15, 0.2) is 0 Å². The molecule has 2 nitrogen and oxygen atoms in total. The number of aliphatic imine (C=N–C) groups is 1. The van der Waals surface area contributed by atoms with Crippen molar-refractivity contribution in [3.63, 3.8) is 0 Å². The van der Waals surface area contributed by atoms with Crippen LogP contribution in [0.25, 0.3) is 0 Å². The Labute approximate surface area is 108 Å². The highest BCUT2D eigenvalue weighted by molar-refractivity contribution is 6.33. The van der Waals surface area contributed by atoms with Crippen molar-refractivity contribution in [2.45, 2.75) is 25.1 Å². The Kier molecular flexibility index (Phi) is 3.92. The monoisotopic (exact) mass is 276 g/mol. The van der Waals surface area contributed by atoms with Crippen molar-refractivity contribution in [1.82, 2.24) is 5.32 Å². The van der Waals surface area contributed by atoms with Crippen LogP contribution in [0.4, 0.5) is 18.9 Å². The van der Waals surface area contributed by atoms with Gasteiger partial charge < -0.3 is 5.32 Å². The predicted molar refractivity (Wildman–Crippen MR) is 65.6 cm³/mol. The highest BCUT2D eigenvalue weighted by Gasteiger charge is 2.30. The number of nitrogens with one attached hydrogen (secondary N) is 1. The molecule has 0 spiro atoms. The van der Waals surface area contributed by atoms with Gasteiger partial charge in [-0.05, 0) is 37.6 Å². The molecule has 1 saturated heterocycles. The largest absolute Gasteiger partial charge is 0.416 e. The van der Waals surface area contributed by atoms with Crippen LogP contribution in [-0.4, -0.2) is 18.8 Å². The van der Waals surface area contributed by atoms with Crippen molar-refractivity contribution in [1.29, 1.82) is 0 Å². The van der Waals surface area contributed by atoms with Gasteiger partial charge >= 0.3 is 6.18 Å². The molecule has 0 saturated carbocycles. The summed E-state index contributed by atoms with van der Waals surface area (Å²) in [6.45, 7) is 0.910. The van der Waals surface area contributed by atoms with Crippen molar-refractivity contribution in [3.8, 4) is 0 Å². The molecule has 0 amide bonds. The van der Waals surface area contributed by atoms with Gasteiger partial charge in [0.25, 0.3) is 0 Å². The summed E-state index contributed by atoms with van der Waals surface area (Å²) < 4.78 is 37.6. The first-order valence-corrected chi connectivity index (χ1v) is 5.99. The molecule has 0 radical (unpaired) electrons. The number of alkyl halides is 3. The Morgan fingerprint density at radius 3 is 2.78 bits per heavy atom. The first-order chi connectivity index (χ1) is 8.47. The number of benzene rings is 1. The van der Waals surface area contributed by atoms with Gasteiger partial charge in [0.2, 0.25) is 0 Å². The van der Waals surface area contributed by atoms with E-state index in [0.29, 0.717) is 0 Å². The topological polar surface area (TPSA) is 24.4 Å². The normalized spacial score (nSPS) is 20.8. The maximum Gasteiger partial charge on any atom is 0.416 e. The van der Waals surface area contributed by atoms with E-state index in [-0.39, 0.29) is 16.8 Å². The van der Waals surface area contributed by atoms with Crippen molar-refractivity contribution in [3.05, 3.63) is 28.8 Å². The molecule has 1 aliphatic rings. The fraction of sp³-hybridized carbons (Fsp3) is 0.417. The van der Waals surface area contributed by atoms with E-state index in [4.69, 9.17) is 11.6 Å². The molecule has 1 aliphatic heterocycles. The lowest BCUT2D eigenvalue weighted by molar-refractivity contribution is -0.137. The van der Waals surface area contributed by atoms with Crippen molar-refractivity contribution in [2.75, 3.05) is 6.54 Å². The molecular formula is C12H12ClF3N2. The fourth-order valence-electron chi connectivity index (χ4n) is 1.80. The molecule has 1 atom stereocenters. The molecule has 1 fully saturated rings. The molecule has 0 aromatic heterocycles. The zero-order valence-electron chi connectivity index (χ0n) is 9.47. The van der Waals surface area contributed by atoms with Crippen molar-refractivity contribution >= 4 is 23.5 Å². The second-order valence-electron chi connectivity index (χ2n) is 4.14. The molecule has 98 valence electrons. The lowest BCUT2D eigenvalue weighted by Crippen LogP contribution is -2.22. The zero-order valence-corrected chi connectivity index (χ0v) is 10.2. The molecule has 1 aromatic rings. The van der Waals surface area contributed by atoms with E-state index in [1.807, 2.05) is 0 Å². The van der Waals surface area contributed by atoms with Gasteiger partial charge in [0, 0.05) is 12.3 Å². The van der Waals surface area contributed by atoms with E-state index < -0.39 is 11.7 Å².